The Morgan fingerprint density at radius 2 is 2.05 bits per heavy atom. The second kappa shape index (κ2) is 6.29. The lowest BCUT2D eigenvalue weighted by Crippen LogP contribution is -2.00. The first-order chi connectivity index (χ1) is 9.19. The van der Waals surface area contributed by atoms with E-state index in [9.17, 15) is 10.1 Å². The summed E-state index contributed by atoms with van der Waals surface area (Å²) in [6, 6.07) is 6.41. The average molecular weight is 281 g/mol. The molecule has 0 radical (unpaired) electrons. The molecule has 0 amide bonds. The van der Waals surface area contributed by atoms with Crippen LogP contribution < -0.4 is 0 Å². The van der Waals surface area contributed by atoms with Crippen molar-refractivity contribution in [2.24, 2.45) is 0 Å². The van der Waals surface area contributed by atoms with Gasteiger partial charge < -0.3 is 0 Å². The number of benzene rings is 1. The molecule has 0 spiro atoms. The second-order valence-corrected chi connectivity index (χ2v) is 4.50. The molecular weight excluding hydrogens is 268 g/mol. The van der Waals surface area contributed by atoms with Crippen LogP contribution >= 0.6 is 11.6 Å². The molecule has 2 aromatic rings. The average Bonchev–Trinajstić information content (AvgIpc) is 2.84. The quantitative estimate of drug-likeness (QED) is 0.463. The molecule has 6 nitrogen and oxygen atoms in total. The van der Waals surface area contributed by atoms with Gasteiger partial charge in [0.2, 0.25) is 0 Å². The maximum absolute atomic E-state index is 10.5. The van der Waals surface area contributed by atoms with E-state index in [-0.39, 0.29) is 5.69 Å². The van der Waals surface area contributed by atoms with Crippen molar-refractivity contribution in [1.82, 2.24) is 15.0 Å². The summed E-state index contributed by atoms with van der Waals surface area (Å²) >= 11 is 5.62. The highest BCUT2D eigenvalue weighted by molar-refractivity contribution is 6.17. The van der Waals surface area contributed by atoms with Gasteiger partial charge in [0.25, 0.3) is 5.69 Å². The molecule has 0 atom stereocenters. The van der Waals surface area contributed by atoms with Crippen LogP contribution in [-0.4, -0.2) is 25.8 Å². The summed E-state index contributed by atoms with van der Waals surface area (Å²) in [7, 11) is 0. The van der Waals surface area contributed by atoms with Gasteiger partial charge >= 0.3 is 0 Å². The third kappa shape index (κ3) is 3.75. The molecule has 1 aromatic carbocycles. The smallest absolute Gasteiger partial charge is 0.258 e. The fraction of sp³-hybridized carbons (Fsp3) is 0.333. The summed E-state index contributed by atoms with van der Waals surface area (Å²) in [4.78, 5) is 10.1. The zero-order chi connectivity index (χ0) is 13.7. The Hall–Kier alpha value is -1.95. The highest BCUT2D eigenvalue weighted by Gasteiger charge is 2.05. The van der Waals surface area contributed by atoms with Crippen LogP contribution in [0.4, 0.5) is 5.69 Å². The van der Waals surface area contributed by atoms with E-state index in [4.69, 9.17) is 11.6 Å². The zero-order valence-electron chi connectivity index (χ0n) is 10.2. The Balaban J connectivity index is 2.00. The first-order valence-corrected chi connectivity index (χ1v) is 6.41. The molecule has 0 saturated carbocycles. The molecule has 0 aliphatic rings. The number of halogens is 1. The SMILES string of the molecule is O=[N+]([O-])c1ccc(Cn2cc(CCCCl)nn2)cc1. The van der Waals surface area contributed by atoms with E-state index in [2.05, 4.69) is 10.3 Å². The number of nitrogens with zero attached hydrogens (tertiary/aromatic N) is 4. The number of aryl methyl sites for hydroxylation is 1. The van der Waals surface area contributed by atoms with Gasteiger partial charge in [-0.15, -0.1) is 16.7 Å². The number of hydrogen-bond acceptors (Lipinski definition) is 4. The van der Waals surface area contributed by atoms with Crippen LogP contribution in [0.15, 0.2) is 30.5 Å². The molecule has 0 aliphatic heterocycles. The third-order valence-electron chi connectivity index (χ3n) is 2.64. The molecule has 0 saturated heterocycles. The van der Waals surface area contributed by atoms with Gasteiger partial charge in [0, 0.05) is 24.2 Å². The van der Waals surface area contributed by atoms with E-state index < -0.39 is 4.92 Å². The minimum atomic E-state index is -0.413. The lowest BCUT2D eigenvalue weighted by molar-refractivity contribution is -0.384. The predicted molar refractivity (Wildman–Crippen MR) is 71.3 cm³/mol. The van der Waals surface area contributed by atoms with Crippen molar-refractivity contribution in [1.29, 1.82) is 0 Å². The third-order valence-corrected chi connectivity index (χ3v) is 2.91. The van der Waals surface area contributed by atoms with Crippen molar-refractivity contribution in [3.05, 3.63) is 51.8 Å². The first-order valence-electron chi connectivity index (χ1n) is 5.87. The number of alkyl halides is 1. The van der Waals surface area contributed by atoms with Crippen LogP contribution in [0.5, 0.6) is 0 Å². The molecule has 1 heterocycles. The minimum absolute atomic E-state index is 0.0881. The van der Waals surface area contributed by atoms with Gasteiger partial charge in [-0.2, -0.15) is 0 Å². The number of nitro groups is 1. The van der Waals surface area contributed by atoms with Crippen LogP contribution in [0.25, 0.3) is 0 Å². The van der Waals surface area contributed by atoms with E-state index in [1.165, 1.54) is 12.1 Å². The number of nitro benzene ring substituents is 1. The van der Waals surface area contributed by atoms with Gasteiger partial charge in [0.1, 0.15) is 0 Å². The Morgan fingerprint density at radius 1 is 1.32 bits per heavy atom. The normalized spacial score (nSPS) is 10.6. The largest absolute Gasteiger partial charge is 0.269 e. The fourth-order valence-corrected chi connectivity index (χ4v) is 1.82. The lowest BCUT2D eigenvalue weighted by Gasteiger charge is -2.00. The molecular formula is C12H13ClN4O2. The standard InChI is InChI=1S/C12H13ClN4O2/c13-7-1-2-11-9-16(15-14-11)8-10-3-5-12(6-4-10)17(18)19/h3-6,9H,1-2,7-8H2. The summed E-state index contributed by atoms with van der Waals surface area (Å²) in [5.41, 5.74) is 1.94. The van der Waals surface area contributed by atoms with Crippen LogP contribution in [0, 0.1) is 10.1 Å². The molecule has 2 rings (SSSR count). The summed E-state index contributed by atoms with van der Waals surface area (Å²) in [6.07, 6.45) is 3.55. The van der Waals surface area contributed by atoms with Gasteiger partial charge in [-0.25, -0.2) is 4.68 Å². The molecule has 0 fully saturated rings. The highest BCUT2D eigenvalue weighted by atomic mass is 35.5. The number of non-ortho nitro benzene ring substituents is 1. The molecule has 0 unspecified atom stereocenters. The summed E-state index contributed by atoms with van der Waals surface area (Å²) in [5, 5.41) is 18.6. The van der Waals surface area contributed by atoms with E-state index in [1.54, 1.807) is 16.8 Å². The van der Waals surface area contributed by atoms with Gasteiger partial charge in [-0.05, 0) is 18.4 Å². The summed E-state index contributed by atoms with van der Waals surface area (Å²) in [5.74, 6) is 0.606. The van der Waals surface area contributed by atoms with Gasteiger partial charge in [-0.3, -0.25) is 10.1 Å². The maximum atomic E-state index is 10.5. The van der Waals surface area contributed by atoms with Crippen molar-refractivity contribution in [2.45, 2.75) is 19.4 Å². The van der Waals surface area contributed by atoms with Crippen LogP contribution in [-0.2, 0) is 13.0 Å². The van der Waals surface area contributed by atoms with Crippen LogP contribution in [0.3, 0.4) is 0 Å². The zero-order valence-corrected chi connectivity index (χ0v) is 11.0. The van der Waals surface area contributed by atoms with E-state index in [1.807, 2.05) is 6.20 Å². The van der Waals surface area contributed by atoms with Crippen LogP contribution in [0.2, 0.25) is 0 Å². The predicted octanol–water partition coefficient (Wildman–Crippen LogP) is 2.41. The van der Waals surface area contributed by atoms with Crippen molar-refractivity contribution in [3.8, 4) is 0 Å². The number of rotatable bonds is 6. The first kappa shape index (κ1) is 13.5. The van der Waals surface area contributed by atoms with Gasteiger partial charge in [0.05, 0.1) is 17.2 Å². The highest BCUT2D eigenvalue weighted by Crippen LogP contribution is 2.12. The number of aromatic nitrogens is 3. The molecule has 0 bridgehead atoms. The molecule has 0 aliphatic carbocycles. The fourth-order valence-electron chi connectivity index (χ4n) is 1.69. The van der Waals surface area contributed by atoms with E-state index in [0.717, 1.165) is 24.1 Å². The Morgan fingerprint density at radius 3 is 2.68 bits per heavy atom. The molecule has 1 aromatic heterocycles. The molecule has 0 N–H and O–H groups in total. The second-order valence-electron chi connectivity index (χ2n) is 4.12. The van der Waals surface area contributed by atoms with E-state index >= 15 is 0 Å². The Bertz CT molecular complexity index is 553. The maximum Gasteiger partial charge on any atom is 0.269 e. The lowest BCUT2D eigenvalue weighted by atomic mass is 10.2. The Labute approximate surface area is 115 Å². The van der Waals surface area contributed by atoms with Crippen molar-refractivity contribution in [2.75, 3.05) is 5.88 Å². The van der Waals surface area contributed by atoms with Crippen molar-refractivity contribution in [3.63, 3.8) is 0 Å². The topological polar surface area (TPSA) is 73.8 Å². The van der Waals surface area contributed by atoms with E-state index in [0.29, 0.717) is 12.4 Å². The molecule has 7 heteroatoms. The van der Waals surface area contributed by atoms with Crippen molar-refractivity contribution >= 4 is 17.3 Å². The van der Waals surface area contributed by atoms with Gasteiger partial charge in [-0.1, -0.05) is 17.3 Å². The Kier molecular flexibility index (Phi) is 4.46. The monoisotopic (exact) mass is 280 g/mol. The van der Waals surface area contributed by atoms with Gasteiger partial charge in [0.15, 0.2) is 0 Å². The van der Waals surface area contributed by atoms with Crippen LogP contribution in [0.1, 0.15) is 17.7 Å². The summed E-state index contributed by atoms with van der Waals surface area (Å²) < 4.78 is 1.71. The minimum Gasteiger partial charge on any atom is -0.258 e. The molecule has 19 heavy (non-hydrogen) atoms. The summed E-state index contributed by atoms with van der Waals surface area (Å²) in [6.45, 7) is 0.547. The number of hydrogen-bond donors (Lipinski definition) is 0. The molecule has 100 valence electrons. The van der Waals surface area contributed by atoms with Crippen molar-refractivity contribution < 1.29 is 4.92 Å².